The molecule has 0 fully saturated rings. The van der Waals surface area contributed by atoms with Crippen LogP contribution in [0.1, 0.15) is 12.0 Å². The van der Waals surface area contributed by atoms with E-state index >= 15 is 0 Å². The van der Waals surface area contributed by atoms with Crippen LogP contribution in [0.15, 0.2) is 124 Å². The quantitative estimate of drug-likeness (QED) is 0.402. The number of rotatable bonds is 3. The number of hydrogen-bond donors (Lipinski definition) is 1. The van der Waals surface area contributed by atoms with Crippen LogP contribution in [-0.4, -0.2) is 5.71 Å². The molecule has 2 heterocycles. The first kappa shape index (κ1) is 18.5. The molecule has 154 valence electrons. The number of nitrogens with one attached hydrogen (secondary N) is 1. The van der Waals surface area contributed by atoms with E-state index in [-0.39, 0.29) is 0 Å². The molecule has 0 unspecified atom stereocenters. The first-order chi connectivity index (χ1) is 15.9. The van der Waals surface area contributed by atoms with Crippen molar-refractivity contribution in [1.82, 2.24) is 5.43 Å². The SMILES string of the molecule is C1=CCC=CC(C2=NN(c3ccccc3)NC(c3cccc4c3oc3ccccc34)=C2)=C1. The summed E-state index contributed by atoms with van der Waals surface area (Å²) >= 11 is 0. The summed E-state index contributed by atoms with van der Waals surface area (Å²) in [5.74, 6) is 0. The van der Waals surface area contributed by atoms with Crippen LogP contribution < -0.4 is 10.5 Å². The van der Waals surface area contributed by atoms with Crippen molar-refractivity contribution in [3.05, 3.63) is 120 Å². The molecule has 4 heteroatoms. The number of hydrazine groups is 1. The van der Waals surface area contributed by atoms with E-state index in [0.29, 0.717) is 0 Å². The Morgan fingerprint density at radius 3 is 2.62 bits per heavy atom. The molecule has 4 nitrogen and oxygen atoms in total. The maximum absolute atomic E-state index is 6.30. The van der Waals surface area contributed by atoms with Gasteiger partial charge in [0, 0.05) is 21.9 Å². The third-order valence-electron chi connectivity index (χ3n) is 5.69. The van der Waals surface area contributed by atoms with Crippen LogP contribution >= 0.6 is 0 Å². The fraction of sp³-hybridized carbons (Fsp3) is 0.0357. The first-order valence-electron chi connectivity index (χ1n) is 10.7. The van der Waals surface area contributed by atoms with E-state index < -0.39 is 0 Å². The average molecular weight is 415 g/mol. The molecule has 32 heavy (non-hydrogen) atoms. The van der Waals surface area contributed by atoms with E-state index in [9.17, 15) is 0 Å². The summed E-state index contributed by atoms with van der Waals surface area (Å²) in [5.41, 5.74) is 10.1. The predicted molar refractivity (Wildman–Crippen MR) is 132 cm³/mol. The molecule has 0 saturated heterocycles. The molecule has 0 atom stereocenters. The van der Waals surface area contributed by atoms with Crippen molar-refractivity contribution in [2.75, 3.05) is 5.12 Å². The minimum absolute atomic E-state index is 0.868. The molecule has 1 N–H and O–H groups in total. The first-order valence-corrected chi connectivity index (χ1v) is 10.7. The number of fused-ring (bicyclic) bond motifs is 3. The van der Waals surface area contributed by atoms with E-state index in [1.54, 1.807) is 0 Å². The highest BCUT2D eigenvalue weighted by Gasteiger charge is 2.21. The average Bonchev–Trinajstić information content (AvgIpc) is 3.02. The second-order valence-corrected chi connectivity index (χ2v) is 7.77. The number of nitrogens with zero attached hydrogens (tertiary/aromatic N) is 2. The van der Waals surface area contributed by atoms with E-state index in [1.807, 2.05) is 53.6 Å². The molecular formula is C28H21N3O. The number of para-hydroxylation sites is 3. The Bertz CT molecular complexity index is 1470. The zero-order valence-electron chi connectivity index (χ0n) is 17.4. The number of furan rings is 1. The molecule has 6 rings (SSSR count). The molecular weight excluding hydrogens is 394 g/mol. The van der Waals surface area contributed by atoms with Gasteiger partial charge >= 0.3 is 0 Å². The monoisotopic (exact) mass is 415 g/mol. The van der Waals surface area contributed by atoms with Gasteiger partial charge in [0.1, 0.15) is 11.2 Å². The van der Waals surface area contributed by atoms with E-state index in [1.165, 1.54) is 0 Å². The van der Waals surface area contributed by atoms with Gasteiger partial charge in [-0.25, -0.2) is 0 Å². The Labute approximate surface area is 186 Å². The van der Waals surface area contributed by atoms with Gasteiger partial charge in [-0.05, 0) is 36.8 Å². The summed E-state index contributed by atoms with van der Waals surface area (Å²) in [6.07, 6.45) is 13.6. The van der Waals surface area contributed by atoms with Crippen LogP contribution in [0, 0.1) is 0 Å². The molecule has 0 spiro atoms. The Balaban J connectivity index is 1.53. The fourth-order valence-corrected chi connectivity index (χ4v) is 4.12. The molecule has 4 aromatic rings. The molecule has 2 aliphatic rings. The number of allylic oxidation sites excluding steroid dienone is 7. The number of hydrogen-bond acceptors (Lipinski definition) is 4. The van der Waals surface area contributed by atoms with Crippen molar-refractivity contribution in [1.29, 1.82) is 0 Å². The van der Waals surface area contributed by atoms with E-state index in [4.69, 9.17) is 9.52 Å². The topological polar surface area (TPSA) is 40.8 Å². The zero-order chi connectivity index (χ0) is 21.3. The van der Waals surface area contributed by atoms with Gasteiger partial charge in [0.25, 0.3) is 0 Å². The van der Waals surface area contributed by atoms with Gasteiger partial charge < -0.3 is 4.42 Å². The summed E-state index contributed by atoms with van der Waals surface area (Å²) < 4.78 is 6.30. The standard InChI is InChI=1S/C28H21N3O/c1-2-5-12-20(11-4-1)25-19-26(30-31(29-25)21-13-6-3-7-14-21)24-17-10-16-23-22-15-8-9-18-27(22)32-28(23)24/h1,3-19,30H,2H2. The number of hydrazone groups is 1. The van der Waals surface area contributed by atoms with Crippen LogP contribution in [0.2, 0.25) is 0 Å². The summed E-state index contributed by atoms with van der Waals surface area (Å²) in [4.78, 5) is 0. The molecule has 0 radical (unpaired) electrons. The smallest absolute Gasteiger partial charge is 0.144 e. The lowest BCUT2D eigenvalue weighted by Gasteiger charge is -2.28. The summed E-state index contributed by atoms with van der Waals surface area (Å²) in [6.45, 7) is 0. The summed E-state index contributed by atoms with van der Waals surface area (Å²) in [5, 5.41) is 8.95. The minimum atomic E-state index is 0.868. The lowest BCUT2D eigenvalue weighted by molar-refractivity contribution is 0.666. The highest BCUT2D eigenvalue weighted by atomic mass is 16.3. The maximum atomic E-state index is 6.30. The molecule has 3 aromatic carbocycles. The molecule has 0 saturated carbocycles. The van der Waals surface area contributed by atoms with Crippen molar-refractivity contribution in [3.8, 4) is 0 Å². The van der Waals surface area contributed by atoms with Gasteiger partial charge in [0.2, 0.25) is 0 Å². The van der Waals surface area contributed by atoms with Gasteiger partial charge in [-0.3, -0.25) is 5.43 Å². The second kappa shape index (κ2) is 7.75. The van der Waals surface area contributed by atoms with Crippen molar-refractivity contribution in [2.45, 2.75) is 6.42 Å². The maximum Gasteiger partial charge on any atom is 0.144 e. The van der Waals surface area contributed by atoms with E-state index in [0.717, 1.165) is 56.6 Å². The van der Waals surface area contributed by atoms with Crippen molar-refractivity contribution in [3.63, 3.8) is 0 Å². The summed E-state index contributed by atoms with van der Waals surface area (Å²) in [7, 11) is 0. The Kier molecular flexibility index (Phi) is 4.47. The third-order valence-corrected chi connectivity index (χ3v) is 5.69. The summed E-state index contributed by atoms with van der Waals surface area (Å²) in [6, 6.07) is 24.5. The highest BCUT2D eigenvalue weighted by molar-refractivity contribution is 6.16. The zero-order valence-corrected chi connectivity index (χ0v) is 17.4. The van der Waals surface area contributed by atoms with Crippen molar-refractivity contribution >= 4 is 39.0 Å². The molecule has 1 aliphatic carbocycles. The van der Waals surface area contributed by atoms with Crippen LogP contribution in [0.3, 0.4) is 0 Å². The van der Waals surface area contributed by atoms with Gasteiger partial charge in [-0.2, -0.15) is 10.2 Å². The second-order valence-electron chi connectivity index (χ2n) is 7.77. The van der Waals surface area contributed by atoms with Crippen LogP contribution in [0.25, 0.3) is 27.6 Å². The minimum Gasteiger partial charge on any atom is -0.455 e. The highest BCUT2D eigenvalue weighted by Crippen LogP contribution is 2.34. The lowest BCUT2D eigenvalue weighted by Crippen LogP contribution is -2.36. The largest absolute Gasteiger partial charge is 0.455 e. The van der Waals surface area contributed by atoms with Gasteiger partial charge in [0.05, 0.1) is 17.1 Å². The fourth-order valence-electron chi connectivity index (χ4n) is 4.12. The Morgan fingerprint density at radius 2 is 1.69 bits per heavy atom. The Morgan fingerprint density at radius 1 is 0.844 bits per heavy atom. The van der Waals surface area contributed by atoms with Gasteiger partial charge in [-0.1, -0.05) is 78.9 Å². The third kappa shape index (κ3) is 3.22. The van der Waals surface area contributed by atoms with Crippen molar-refractivity contribution in [2.24, 2.45) is 5.10 Å². The molecule has 0 bridgehead atoms. The van der Waals surface area contributed by atoms with Crippen molar-refractivity contribution < 1.29 is 4.42 Å². The number of anilines is 1. The van der Waals surface area contributed by atoms with Crippen LogP contribution in [0.5, 0.6) is 0 Å². The Hall–Kier alpha value is -4.31. The molecule has 1 aliphatic heterocycles. The molecule has 0 amide bonds. The van der Waals surface area contributed by atoms with Crippen LogP contribution in [0.4, 0.5) is 5.69 Å². The molecule has 1 aromatic heterocycles. The van der Waals surface area contributed by atoms with Crippen LogP contribution in [-0.2, 0) is 0 Å². The lowest BCUT2D eigenvalue weighted by atomic mass is 10.0. The normalized spacial score (nSPS) is 15.9. The van der Waals surface area contributed by atoms with E-state index in [2.05, 4.69) is 66.1 Å². The van der Waals surface area contributed by atoms with Gasteiger partial charge in [0.15, 0.2) is 0 Å². The number of benzene rings is 3. The van der Waals surface area contributed by atoms with Gasteiger partial charge in [-0.15, -0.1) is 0 Å². The predicted octanol–water partition coefficient (Wildman–Crippen LogP) is 6.75.